The molecule has 0 saturated heterocycles. The van der Waals surface area contributed by atoms with Crippen LogP contribution in [0.25, 0.3) is 0 Å². The second-order valence-corrected chi connectivity index (χ2v) is 14.8. The van der Waals surface area contributed by atoms with Gasteiger partial charge in [0.1, 0.15) is 5.60 Å². The largest absolute Gasteiger partial charge is 0.390 e. The van der Waals surface area contributed by atoms with Crippen molar-refractivity contribution in [2.45, 2.75) is 122 Å². The first-order valence-electron chi connectivity index (χ1n) is 14.1. The number of hydrogen-bond donors (Lipinski definition) is 3. The van der Waals surface area contributed by atoms with Crippen LogP contribution in [-0.2, 0) is 4.79 Å². The number of alkyl halides is 1. The number of carbonyl (C=O) groups is 1. The van der Waals surface area contributed by atoms with E-state index in [9.17, 15) is 20.1 Å². The topological polar surface area (TPSA) is 77.8 Å². The van der Waals surface area contributed by atoms with Gasteiger partial charge in [0, 0.05) is 16.7 Å². The van der Waals surface area contributed by atoms with Gasteiger partial charge in [0.2, 0.25) is 0 Å². The number of fused-ring (bicyclic) bond motifs is 5. The number of hydrogen-bond acceptors (Lipinski definition) is 4. The molecule has 0 aromatic carbocycles. The van der Waals surface area contributed by atoms with E-state index in [1.54, 1.807) is 0 Å². The summed E-state index contributed by atoms with van der Waals surface area (Å²) in [6.07, 6.45) is 6.77. The van der Waals surface area contributed by atoms with E-state index in [1.807, 2.05) is 0 Å². The van der Waals surface area contributed by atoms with Gasteiger partial charge in [-0.05, 0) is 91.8 Å². The first-order chi connectivity index (χ1) is 15.8. The van der Waals surface area contributed by atoms with Crippen molar-refractivity contribution in [2.75, 3.05) is 0 Å². The molecule has 4 fully saturated rings. The van der Waals surface area contributed by atoms with E-state index in [2.05, 4.69) is 57.5 Å². The van der Waals surface area contributed by atoms with E-state index in [0.29, 0.717) is 42.4 Å². The number of halogens is 1. The molecule has 0 heterocycles. The Morgan fingerprint density at radius 1 is 1.00 bits per heavy atom. The molecular weight excluding hydrogens is 492 g/mol. The van der Waals surface area contributed by atoms with Gasteiger partial charge >= 0.3 is 0 Å². The minimum atomic E-state index is -1.19. The molecule has 5 heteroatoms. The van der Waals surface area contributed by atoms with Crippen LogP contribution in [0.3, 0.4) is 0 Å². The summed E-state index contributed by atoms with van der Waals surface area (Å²) in [5, 5.41) is 34.0. The van der Waals surface area contributed by atoms with Gasteiger partial charge in [-0.25, -0.2) is 0 Å². The van der Waals surface area contributed by atoms with Crippen LogP contribution in [0, 0.1) is 52.3 Å². The third kappa shape index (κ3) is 3.89. The SMILES string of the molecule is CC[C@@H](C(C)C)[C@H](O)[C@@H](O)[C@@H](C)[C@H]1CC[C@H]2[C@@H]3CC(=O)[C@@]4(O)CC(Br)CC[C@]4(C)[C@H]3CC[C@]12C. The second kappa shape index (κ2) is 9.40. The molecule has 0 bridgehead atoms. The fraction of sp³-hybridized carbons (Fsp3) is 0.966. The molecule has 0 spiro atoms. The van der Waals surface area contributed by atoms with Gasteiger partial charge in [0.15, 0.2) is 5.78 Å². The van der Waals surface area contributed by atoms with E-state index in [-0.39, 0.29) is 33.3 Å². The lowest BCUT2D eigenvalue weighted by molar-refractivity contribution is -0.203. The number of aliphatic hydroxyl groups is 3. The predicted molar refractivity (Wildman–Crippen MR) is 140 cm³/mol. The lowest BCUT2D eigenvalue weighted by Gasteiger charge is -2.63. The summed E-state index contributed by atoms with van der Waals surface area (Å²) in [7, 11) is 0. The van der Waals surface area contributed by atoms with E-state index < -0.39 is 17.8 Å². The van der Waals surface area contributed by atoms with Crippen molar-refractivity contribution >= 4 is 21.7 Å². The monoisotopic (exact) mass is 540 g/mol. The van der Waals surface area contributed by atoms with Gasteiger partial charge in [-0.1, -0.05) is 63.9 Å². The van der Waals surface area contributed by atoms with Crippen LogP contribution >= 0.6 is 15.9 Å². The van der Waals surface area contributed by atoms with Crippen molar-refractivity contribution in [3.63, 3.8) is 0 Å². The zero-order valence-corrected chi connectivity index (χ0v) is 23.9. The van der Waals surface area contributed by atoms with Crippen LogP contribution in [0.5, 0.6) is 0 Å². The smallest absolute Gasteiger partial charge is 0.165 e. The normalized spacial score (nSPS) is 48.0. The van der Waals surface area contributed by atoms with Crippen molar-refractivity contribution in [3.05, 3.63) is 0 Å². The van der Waals surface area contributed by atoms with Crippen LogP contribution in [0.1, 0.15) is 99.3 Å². The summed E-state index contributed by atoms with van der Waals surface area (Å²) < 4.78 is 0. The Balaban J connectivity index is 1.57. The Bertz CT molecular complexity index is 771. The third-order valence-corrected chi connectivity index (χ3v) is 12.7. The van der Waals surface area contributed by atoms with Gasteiger partial charge in [-0.15, -0.1) is 0 Å². The highest BCUT2D eigenvalue weighted by Crippen LogP contribution is 2.68. The molecule has 12 atom stereocenters. The van der Waals surface area contributed by atoms with Crippen molar-refractivity contribution in [3.8, 4) is 0 Å². The minimum absolute atomic E-state index is 0.0324. The summed E-state index contributed by atoms with van der Waals surface area (Å²) in [6, 6.07) is 0. The molecule has 4 rings (SSSR count). The Hall–Kier alpha value is 0.0300. The quantitative estimate of drug-likeness (QED) is 0.375. The van der Waals surface area contributed by atoms with Crippen LogP contribution in [-0.4, -0.2) is 43.7 Å². The van der Waals surface area contributed by atoms with Crippen LogP contribution in [0.4, 0.5) is 0 Å². The molecule has 0 aliphatic heterocycles. The van der Waals surface area contributed by atoms with Gasteiger partial charge in [0.05, 0.1) is 12.2 Å². The summed E-state index contributed by atoms with van der Waals surface area (Å²) in [6.45, 7) is 13.1. The lowest BCUT2D eigenvalue weighted by Crippen LogP contribution is -2.66. The Morgan fingerprint density at radius 3 is 2.29 bits per heavy atom. The molecule has 4 saturated carbocycles. The predicted octanol–water partition coefficient (Wildman–Crippen LogP) is 5.74. The van der Waals surface area contributed by atoms with Crippen LogP contribution in [0.15, 0.2) is 0 Å². The molecule has 0 aromatic rings. The average molecular weight is 542 g/mol. The maximum Gasteiger partial charge on any atom is 0.165 e. The maximum absolute atomic E-state index is 13.5. The zero-order valence-electron chi connectivity index (χ0n) is 22.3. The van der Waals surface area contributed by atoms with Gasteiger partial charge in [-0.3, -0.25) is 4.79 Å². The first kappa shape index (κ1) is 27.1. The molecule has 4 nitrogen and oxygen atoms in total. The summed E-state index contributed by atoms with van der Waals surface area (Å²) in [5.74, 6) is 2.09. The van der Waals surface area contributed by atoms with Gasteiger partial charge < -0.3 is 15.3 Å². The molecule has 1 unspecified atom stereocenters. The lowest BCUT2D eigenvalue weighted by atomic mass is 9.43. The summed E-state index contributed by atoms with van der Waals surface area (Å²) >= 11 is 3.70. The minimum Gasteiger partial charge on any atom is -0.390 e. The molecule has 0 radical (unpaired) electrons. The molecule has 34 heavy (non-hydrogen) atoms. The number of Topliss-reactive ketones (excluding diaryl/α,β-unsaturated/α-hetero) is 1. The number of ketones is 1. The fourth-order valence-electron chi connectivity index (χ4n) is 9.80. The molecule has 4 aliphatic carbocycles. The average Bonchev–Trinajstić information content (AvgIpc) is 3.12. The molecule has 3 N–H and O–H groups in total. The maximum atomic E-state index is 13.5. The highest BCUT2D eigenvalue weighted by Gasteiger charge is 2.67. The molecule has 0 aromatic heterocycles. The molecule has 0 amide bonds. The Labute approximate surface area is 215 Å². The van der Waals surface area contributed by atoms with Crippen LogP contribution in [0.2, 0.25) is 0 Å². The Morgan fingerprint density at radius 2 is 1.68 bits per heavy atom. The van der Waals surface area contributed by atoms with Gasteiger partial charge in [-0.2, -0.15) is 0 Å². The van der Waals surface area contributed by atoms with E-state index in [4.69, 9.17) is 0 Å². The number of rotatable bonds is 6. The van der Waals surface area contributed by atoms with E-state index in [0.717, 1.165) is 44.9 Å². The fourth-order valence-corrected chi connectivity index (χ4v) is 10.5. The highest BCUT2D eigenvalue weighted by atomic mass is 79.9. The zero-order chi connectivity index (χ0) is 25.2. The highest BCUT2D eigenvalue weighted by molar-refractivity contribution is 9.09. The summed E-state index contributed by atoms with van der Waals surface area (Å²) in [5.41, 5.74) is -1.44. The molecule has 196 valence electrons. The van der Waals surface area contributed by atoms with Crippen LogP contribution < -0.4 is 0 Å². The molecule has 4 aliphatic rings. The standard InChI is InChI=1S/C29H49BrO4/c1-7-19(16(2)3)26(33)25(32)17(4)21-8-9-22-20-14-24(31)29(34)15-18(30)10-13-28(29,6)23(20)11-12-27(21,22)5/h16-23,25-26,32-34H,7-15H2,1-6H3/t17-,18?,19-,20-,21+,22-,23-,25-,26-,27+,28+,29-/m0/s1. The number of carbonyl (C=O) groups excluding carboxylic acids is 1. The van der Waals surface area contributed by atoms with E-state index in [1.165, 1.54) is 0 Å². The summed E-state index contributed by atoms with van der Waals surface area (Å²) in [4.78, 5) is 13.7. The second-order valence-electron chi connectivity index (χ2n) is 13.5. The van der Waals surface area contributed by atoms with Crippen molar-refractivity contribution < 1.29 is 20.1 Å². The first-order valence-corrected chi connectivity index (χ1v) is 15.0. The molecular formula is C29H49BrO4. The van der Waals surface area contributed by atoms with Gasteiger partial charge in [0.25, 0.3) is 0 Å². The van der Waals surface area contributed by atoms with Crippen molar-refractivity contribution in [1.29, 1.82) is 0 Å². The van der Waals surface area contributed by atoms with Crippen molar-refractivity contribution in [1.82, 2.24) is 0 Å². The number of aliphatic hydroxyl groups excluding tert-OH is 2. The Kier molecular flexibility index (Phi) is 7.49. The van der Waals surface area contributed by atoms with Crippen molar-refractivity contribution in [2.24, 2.45) is 52.3 Å². The van der Waals surface area contributed by atoms with E-state index >= 15 is 0 Å². The third-order valence-electron chi connectivity index (χ3n) is 11.9.